The molecule has 86 valence electrons. The summed E-state index contributed by atoms with van der Waals surface area (Å²) in [6.07, 6.45) is 0.980. The van der Waals surface area contributed by atoms with Crippen LogP contribution in [0.25, 0.3) is 0 Å². The highest BCUT2D eigenvalue weighted by atomic mass is 16.5. The van der Waals surface area contributed by atoms with Crippen molar-refractivity contribution in [1.29, 1.82) is 0 Å². The Morgan fingerprint density at radius 2 is 2.31 bits per heavy atom. The van der Waals surface area contributed by atoms with Crippen molar-refractivity contribution in [3.63, 3.8) is 0 Å². The van der Waals surface area contributed by atoms with Crippen LogP contribution < -0.4 is 17.1 Å². The van der Waals surface area contributed by atoms with Gasteiger partial charge in [0.05, 0.1) is 6.54 Å². The van der Waals surface area contributed by atoms with Crippen LogP contribution in [0.15, 0.2) is 22.2 Å². The summed E-state index contributed by atoms with van der Waals surface area (Å²) in [7, 11) is 0. The first-order chi connectivity index (χ1) is 7.54. The largest absolute Gasteiger partial charge is 0.461 e. The summed E-state index contributed by atoms with van der Waals surface area (Å²) >= 11 is 0. The zero-order valence-electron chi connectivity index (χ0n) is 8.30. The minimum absolute atomic E-state index is 0.0962. The second kappa shape index (κ2) is 4.91. The van der Waals surface area contributed by atoms with Gasteiger partial charge in [-0.2, -0.15) is 4.98 Å². The normalized spacial score (nSPS) is 9.75. The molecule has 0 aromatic carbocycles. The minimum Gasteiger partial charge on any atom is -0.461 e. The number of nitrogen functional groups attached to an aromatic ring is 1. The molecule has 0 aliphatic carbocycles. The number of anilines is 1. The van der Waals surface area contributed by atoms with Crippen LogP contribution in [0, 0.1) is 0 Å². The number of carbonyl (C=O) groups is 1. The SMILES string of the molecule is C=CC(=O)OCCn1c(=O)nc(N)[nH]c1=O. The molecule has 0 unspecified atom stereocenters. The number of hydrogen-bond donors (Lipinski definition) is 2. The lowest BCUT2D eigenvalue weighted by Crippen LogP contribution is -2.38. The Labute approximate surface area is 89.4 Å². The van der Waals surface area contributed by atoms with Crippen LogP contribution >= 0.6 is 0 Å². The van der Waals surface area contributed by atoms with Gasteiger partial charge in [-0.3, -0.25) is 4.98 Å². The second-order valence-electron chi connectivity index (χ2n) is 2.73. The van der Waals surface area contributed by atoms with Crippen LogP contribution in [0.3, 0.4) is 0 Å². The van der Waals surface area contributed by atoms with E-state index in [2.05, 4.69) is 21.3 Å². The topological polar surface area (TPSA) is 120 Å². The van der Waals surface area contributed by atoms with Crippen LogP contribution in [0.5, 0.6) is 0 Å². The Hall–Kier alpha value is -2.38. The van der Waals surface area contributed by atoms with Gasteiger partial charge in [-0.1, -0.05) is 6.58 Å². The third kappa shape index (κ3) is 2.80. The van der Waals surface area contributed by atoms with Crippen molar-refractivity contribution in [1.82, 2.24) is 14.5 Å². The zero-order valence-corrected chi connectivity index (χ0v) is 8.30. The number of hydrogen-bond acceptors (Lipinski definition) is 6. The molecule has 3 N–H and O–H groups in total. The van der Waals surface area contributed by atoms with Gasteiger partial charge in [0.1, 0.15) is 6.61 Å². The van der Waals surface area contributed by atoms with E-state index in [1.165, 1.54) is 0 Å². The molecule has 0 saturated heterocycles. The number of rotatable bonds is 4. The predicted octanol–water partition coefficient (Wildman–Crippen LogP) is -1.76. The quantitative estimate of drug-likeness (QED) is 0.463. The third-order valence-corrected chi connectivity index (χ3v) is 1.65. The van der Waals surface area contributed by atoms with Gasteiger partial charge in [0.2, 0.25) is 5.95 Å². The number of carbonyl (C=O) groups excluding carboxylic acids is 1. The Kier molecular flexibility index (Phi) is 3.59. The van der Waals surface area contributed by atoms with Gasteiger partial charge in [0.15, 0.2) is 0 Å². The molecule has 0 fully saturated rings. The number of nitrogens with one attached hydrogen (secondary N) is 1. The lowest BCUT2D eigenvalue weighted by atomic mass is 10.6. The van der Waals surface area contributed by atoms with Crippen molar-refractivity contribution >= 4 is 11.9 Å². The fraction of sp³-hybridized carbons (Fsp3) is 0.250. The summed E-state index contributed by atoms with van der Waals surface area (Å²) in [5.74, 6) is -0.887. The second-order valence-corrected chi connectivity index (χ2v) is 2.73. The van der Waals surface area contributed by atoms with Crippen molar-refractivity contribution in [2.24, 2.45) is 0 Å². The van der Waals surface area contributed by atoms with Crippen LogP contribution in [0.2, 0.25) is 0 Å². The first kappa shape index (κ1) is 11.7. The molecule has 8 nitrogen and oxygen atoms in total. The van der Waals surface area contributed by atoms with E-state index in [1.54, 1.807) is 0 Å². The van der Waals surface area contributed by atoms with Gasteiger partial charge in [0.25, 0.3) is 0 Å². The molecule has 0 saturated carbocycles. The van der Waals surface area contributed by atoms with Gasteiger partial charge in [-0.05, 0) is 0 Å². The molecular weight excluding hydrogens is 216 g/mol. The molecule has 0 amide bonds. The number of esters is 1. The number of ether oxygens (including phenoxy) is 1. The van der Waals surface area contributed by atoms with E-state index < -0.39 is 17.3 Å². The molecule has 0 radical (unpaired) electrons. The van der Waals surface area contributed by atoms with Crippen LogP contribution in [-0.4, -0.2) is 27.1 Å². The fourth-order valence-corrected chi connectivity index (χ4v) is 0.949. The molecule has 0 atom stereocenters. The molecule has 0 aliphatic heterocycles. The molecule has 0 spiro atoms. The molecule has 1 heterocycles. The molecule has 1 rings (SSSR count). The van der Waals surface area contributed by atoms with Gasteiger partial charge in [-0.15, -0.1) is 0 Å². The van der Waals surface area contributed by atoms with E-state index in [1.807, 2.05) is 0 Å². The molecule has 1 aromatic rings. The van der Waals surface area contributed by atoms with E-state index >= 15 is 0 Å². The van der Waals surface area contributed by atoms with E-state index in [9.17, 15) is 14.4 Å². The van der Waals surface area contributed by atoms with E-state index in [-0.39, 0.29) is 19.1 Å². The predicted molar refractivity (Wildman–Crippen MR) is 54.7 cm³/mol. The summed E-state index contributed by atoms with van der Waals surface area (Å²) in [6.45, 7) is 2.97. The standard InChI is InChI=1S/C8H10N4O4/c1-2-5(13)16-4-3-12-7(14)10-6(9)11-8(12)15/h2H,1,3-4H2,(H3,9,10,11,14,15). The first-order valence-electron chi connectivity index (χ1n) is 4.30. The Bertz CT molecular complexity index is 484. The van der Waals surface area contributed by atoms with Crippen LogP contribution in [-0.2, 0) is 16.1 Å². The Balaban J connectivity index is 2.75. The summed E-state index contributed by atoms with van der Waals surface area (Å²) in [5.41, 5.74) is 3.65. The number of nitrogens with zero attached hydrogens (tertiary/aromatic N) is 2. The van der Waals surface area contributed by atoms with Crippen molar-refractivity contribution in [3.05, 3.63) is 33.6 Å². The maximum absolute atomic E-state index is 11.2. The van der Waals surface area contributed by atoms with E-state index in [0.29, 0.717) is 0 Å². The average molecular weight is 226 g/mol. The third-order valence-electron chi connectivity index (χ3n) is 1.65. The van der Waals surface area contributed by atoms with Crippen molar-refractivity contribution in [2.75, 3.05) is 12.3 Å². The molecule has 1 aromatic heterocycles. The number of nitrogens with two attached hydrogens (primary N) is 1. The molecule has 8 heteroatoms. The van der Waals surface area contributed by atoms with Gasteiger partial charge >= 0.3 is 17.3 Å². The Morgan fingerprint density at radius 1 is 1.62 bits per heavy atom. The molecule has 0 bridgehead atoms. The van der Waals surface area contributed by atoms with E-state index in [4.69, 9.17) is 5.73 Å². The monoisotopic (exact) mass is 226 g/mol. The fourth-order valence-electron chi connectivity index (χ4n) is 0.949. The van der Waals surface area contributed by atoms with E-state index in [0.717, 1.165) is 10.6 Å². The maximum Gasteiger partial charge on any atom is 0.355 e. The van der Waals surface area contributed by atoms with Crippen LogP contribution in [0.1, 0.15) is 0 Å². The highest BCUT2D eigenvalue weighted by Crippen LogP contribution is 1.82. The summed E-state index contributed by atoms with van der Waals surface area (Å²) < 4.78 is 5.38. The molecular formula is C8H10N4O4. The molecule has 0 aliphatic rings. The number of aromatic nitrogens is 3. The zero-order chi connectivity index (χ0) is 12.1. The van der Waals surface area contributed by atoms with Gasteiger partial charge < -0.3 is 10.5 Å². The lowest BCUT2D eigenvalue weighted by Gasteiger charge is -2.03. The highest BCUT2D eigenvalue weighted by Gasteiger charge is 2.04. The minimum atomic E-state index is -0.795. The number of aromatic amines is 1. The highest BCUT2D eigenvalue weighted by molar-refractivity contribution is 5.81. The lowest BCUT2D eigenvalue weighted by molar-refractivity contribution is -0.138. The average Bonchev–Trinajstić information content (AvgIpc) is 2.21. The van der Waals surface area contributed by atoms with Crippen molar-refractivity contribution in [2.45, 2.75) is 6.54 Å². The molecule has 16 heavy (non-hydrogen) atoms. The van der Waals surface area contributed by atoms with Crippen molar-refractivity contribution < 1.29 is 9.53 Å². The first-order valence-corrected chi connectivity index (χ1v) is 4.30. The van der Waals surface area contributed by atoms with Gasteiger partial charge in [-0.25, -0.2) is 19.0 Å². The van der Waals surface area contributed by atoms with Crippen LogP contribution in [0.4, 0.5) is 5.95 Å². The summed E-state index contributed by atoms with van der Waals surface area (Å²) in [6, 6.07) is 0. The Morgan fingerprint density at radius 3 is 2.88 bits per heavy atom. The van der Waals surface area contributed by atoms with Gasteiger partial charge in [0, 0.05) is 6.08 Å². The summed E-state index contributed by atoms with van der Waals surface area (Å²) in [4.78, 5) is 38.6. The number of H-pyrrole nitrogens is 1. The smallest absolute Gasteiger partial charge is 0.355 e. The summed E-state index contributed by atoms with van der Waals surface area (Å²) in [5, 5.41) is 0. The maximum atomic E-state index is 11.2. The van der Waals surface area contributed by atoms with Crippen molar-refractivity contribution in [3.8, 4) is 0 Å².